The monoisotopic (exact) mass is 385 g/mol. The maximum atomic E-state index is 5.50. The van der Waals surface area contributed by atoms with E-state index in [2.05, 4.69) is 69.8 Å². The fourth-order valence-corrected chi connectivity index (χ4v) is 3.94. The van der Waals surface area contributed by atoms with Gasteiger partial charge in [-0.2, -0.15) is 0 Å². The Morgan fingerprint density at radius 2 is 2.00 bits per heavy atom. The Kier molecular flexibility index (Phi) is 7.74. The Hall–Kier alpha value is -2.05. The van der Waals surface area contributed by atoms with Gasteiger partial charge in [0.1, 0.15) is 0 Å². The van der Waals surface area contributed by atoms with E-state index in [1.807, 2.05) is 7.05 Å². The second kappa shape index (κ2) is 10.5. The highest BCUT2D eigenvalue weighted by molar-refractivity contribution is 5.83. The third-order valence-corrected chi connectivity index (χ3v) is 5.58. The molecular formula is C22H35N5O. The lowest BCUT2D eigenvalue weighted by molar-refractivity contribution is 0.00752. The number of benzene rings is 1. The van der Waals surface area contributed by atoms with Crippen molar-refractivity contribution < 1.29 is 4.74 Å². The summed E-state index contributed by atoms with van der Waals surface area (Å²) in [6.07, 6.45) is 4.25. The molecule has 3 N–H and O–H groups in total. The van der Waals surface area contributed by atoms with E-state index in [0.29, 0.717) is 12.0 Å². The van der Waals surface area contributed by atoms with Crippen LogP contribution in [0.5, 0.6) is 0 Å². The smallest absolute Gasteiger partial charge is 0.191 e. The molecule has 1 saturated heterocycles. The predicted molar refractivity (Wildman–Crippen MR) is 117 cm³/mol. The zero-order chi connectivity index (χ0) is 19.8. The number of H-pyrrole nitrogens is 1. The Bertz CT molecular complexity index is 748. The van der Waals surface area contributed by atoms with E-state index in [0.717, 1.165) is 58.2 Å². The third kappa shape index (κ3) is 5.49. The van der Waals surface area contributed by atoms with E-state index in [1.165, 1.54) is 16.5 Å². The number of aromatic amines is 1. The van der Waals surface area contributed by atoms with Crippen LogP contribution >= 0.6 is 0 Å². The van der Waals surface area contributed by atoms with Crippen molar-refractivity contribution in [1.29, 1.82) is 0 Å². The van der Waals surface area contributed by atoms with Crippen LogP contribution in [-0.4, -0.2) is 68.3 Å². The second-order valence-electron chi connectivity index (χ2n) is 7.80. The van der Waals surface area contributed by atoms with Gasteiger partial charge in [-0.25, -0.2) is 0 Å². The highest BCUT2D eigenvalue weighted by Gasteiger charge is 2.23. The molecule has 1 aliphatic heterocycles. The summed E-state index contributed by atoms with van der Waals surface area (Å²) >= 11 is 0. The summed E-state index contributed by atoms with van der Waals surface area (Å²) in [6.45, 7) is 10.1. The number of nitrogens with one attached hydrogen (secondary N) is 3. The zero-order valence-electron chi connectivity index (χ0n) is 17.5. The van der Waals surface area contributed by atoms with Crippen molar-refractivity contribution in [3.63, 3.8) is 0 Å². The Morgan fingerprint density at radius 1 is 1.21 bits per heavy atom. The van der Waals surface area contributed by atoms with Gasteiger partial charge in [-0.1, -0.05) is 32.0 Å². The highest BCUT2D eigenvalue weighted by atomic mass is 16.5. The van der Waals surface area contributed by atoms with Gasteiger partial charge in [0.05, 0.1) is 13.2 Å². The number of para-hydroxylation sites is 1. The molecule has 6 heteroatoms. The van der Waals surface area contributed by atoms with E-state index < -0.39 is 0 Å². The molecule has 0 bridgehead atoms. The average molecular weight is 386 g/mol. The maximum absolute atomic E-state index is 5.50. The summed E-state index contributed by atoms with van der Waals surface area (Å²) in [4.78, 5) is 10.3. The van der Waals surface area contributed by atoms with Crippen LogP contribution < -0.4 is 10.6 Å². The fraction of sp³-hybridized carbons (Fsp3) is 0.591. The van der Waals surface area contributed by atoms with E-state index in [-0.39, 0.29) is 0 Å². The Morgan fingerprint density at radius 3 is 2.75 bits per heavy atom. The average Bonchev–Trinajstić information content (AvgIpc) is 3.13. The third-order valence-electron chi connectivity index (χ3n) is 5.58. The van der Waals surface area contributed by atoms with Gasteiger partial charge in [0, 0.05) is 56.4 Å². The van der Waals surface area contributed by atoms with Crippen LogP contribution in [0.3, 0.4) is 0 Å². The van der Waals surface area contributed by atoms with Gasteiger partial charge < -0.3 is 20.4 Å². The molecule has 0 saturated carbocycles. The number of fused-ring (bicyclic) bond motifs is 1. The molecule has 154 valence electrons. The van der Waals surface area contributed by atoms with Crippen molar-refractivity contribution in [1.82, 2.24) is 20.5 Å². The second-order valence-corrected chi connectivity index (χ2v) is 7.80. The number of aliphatic imine (C=N–C) groups is 1. The molecule has 2 heterocycles. The summed E-state index contributed by atoms with van der Waals surface area (Å²) in [6, 6.07) is 8.98. The van der Waals surface area contributed by atoms with E-state index >= 15 is 0 Å². The van der Waals surface area contributed by atoms with Gasteiger partial charge in [0.15, 0.2) is 5.96 Å². The summed E-state index contributed by atoms with van der Waals surface area (Å²) in [7, 11) is 1.84. The molecule has 1 aliphatic rings. The molecule has 1 aromatic heterocycles. The highest BCUT2D eigenvalue weighted by Crippen LogP contribution is 2.18. The first-order valence-corrected chi connectivity index (χ1v) is 10.5. The molecule has 0 amide bonds. The Balaban J connectivity index is 1.42. The topological polar surface area (TPSA) is 64.7 Å². The number of guanidine groups is 1. The molecule has 6 nitrogen and oxygen atoms in total. The molecular weight excluding hydrogens is 350 g/mol. The van der Waals surface area contributed by atoms with Gasteiger partial charge in [-0.05, 0) is 30.4 Å². The summed E-state index contributed by atoms with van der Waals surface area (Å²) < 4.78 is 5.50. The lowest BCUT2D eigenvalue weighted by Gasteiger charge is -2.37. The summed E-state index contributed by atoms with van der Waals surface area (Å²) in [5.74, 6) is 1.48. The first kappa shape index (κ1) is 20.7. The van der Waals surface area contributed by atoms with Gasteiger partial charge >= 0.3 is 0 Å². The van der Waals surface area contributed by atoms with Crippen LogP contribution in [0.25, 0.3) is 10.9 Å². The lowest BCUT2D eigenvalue weighted by Crippen LogP contribution is -2.52. The minimum absolute atomic E-state index is 0.494. The van der Waals surface area contributed by atoms with E-state index in [1.54, 1.807) is 0 Å². The summed E-state index contributed by atoms with van der Waals surface area (Å²) in [5.41, 5.74) is 2.60. The van der Waals surface area contributed by atoms with Crippen molar-refractivity contribution in [3.8, 4) is 0 Å². The van der Waals surface area contributed by atoms with Gasteiger partial charge in [-0.15, -0.1) is 0 Å². The molecule has 1 fully saturated rings. The van der Waals surface area contributed by atoms with Crippen molar-refractivity contribution >= 4 is 16.9 Å². The minimum Gasteiger partial charge on any atom is -0.379 e. The van der Waals surface area contributed by atoms with Crippen LogP contribution in [0.4, 0.5) is 0 Å². The molecule has 0 radical (unpaired) electrons. The number of aryl methyl sites for hydroxylation is 1. The molecule has 1 atom stereocenters. The van der Waals surface area contributed by atoms with Crippen LogP contribution in [-0.2, 0) is 11.2 Å². The number of ether oxygens (including phenoxy) is 1. The minimum atomic E-state index is 0.494. The largest absolute Gasteiger partial charge is 0.379 e. The van der Waals surface area contributed by atoms with Gasteiger partial charge in [0.25, 0.3) is 0 Å². The van der Waals surface area contributed by atoms with Crippen LogP contribution in [0, 0.1) is 5.92 Å². The number of morpholine rings is 1. The molecule has 2 aromatic rings. The van der Waals surface area contributed by atoms with Crippen molar-refractivity contribution in [2.75, 3.05) is 46.4 Å². The van der Waals surface area contributed by atoms with Crippen LogP contribution in [0.1, 0.15) is 25.8 Å². The molecule has 1 unspecified atom stereocenters. The number of nitrogens with zero attached hydrogens (tertiary/aromatic N) is 2. The quantitative estimate of drug-likeness (QED) is 0.371. The predicted octanol–water partition coefficient (Wildman–Crippen LogP) is 2.62. The van der Waals surface area contributed by atoms with Crippen molar-refractivity contribution in [2.24, 2.45) is 10.9 Å². The normalized spacial score (nSPS) is 17.2. The number of hydrogen-bond acceptors (Lipinski definition) is 3. The van der Waals surface area contributed by atoms with Crippen molar-refractivity contribution in [2.45, 2.75) is 32.7 Å². The standard InChI is InChI=1S/C22H35N5O/c1-17(2)21(27-11-13-28-14-12-27)16-26-22(23-3)24-10-6-7-18-15-25-20-9-5-4-8-19(18)20/h4-5,8-9,15,17,21,25H,6-7,10-14,16H2,1-3H3,(H2,23,24,26). The first-order valence-electron chi connectivity index (χ1n) is 10.5. The molecule has 3 rings (SSSR count). The van der Waals surface area contributed by atoms with Crippen molar-refractivity contribution in [3.05, 3.63) is 36.0 Å². The zero-order valence-corrected chi connectivity index (χ0v) is 17.5. The lowest BCUT2D eigenvalue weighted by atomic mass is 10.0. The Labute approximate surface area is 168 Å². The molecule has 0 aliphatic carbocycles. The molecule has 0 spiro atoms. The molecule has 1 aromatic carbocycles. The van der Waals surface area contributed by atoms with Gasteiger partial charge in [-0.3, -0.25) is 9.89 Å². The van der Waals surface area contributed by atoms with E-state index in [9.17, 15) is 0 Å². The number of hydrogen-bond donors (Lipinski definition) is 3. The molecule has 28 heavy (non-hydrogen) atoms. The van der Waals surface area contributed by atoms with E-state index in [4.69, 9.17) is 4.74 Å². The summed E-state index contributed by atoms with van der Waals surface area (Å²) in [5, 5.41) is 8.31. The maximum Gasteiger partial charge on any atom is 0.191 e. The van der Waals surface area contributed by atoms with Gasteiger partial charge in [0.2, 0.25) is 0 Å². The number of rotatable bonds is 8. The number of aromatic nitrogens is 1. The SMILES string of the molecule is CN=C(NCCCc1c[nH]c2ccccc12)NCC(C(C)C)N1CCOCC1. The van der Waals surface area contributed by atoms with Crippen LogP contribution in [0.15, 0.2) is 35.5 Å². The van der Waals surface area contributed by atoms with Crippen LogP contribution in [0.2, 0.25) is 0 Å². The fourth-order valence-electron chi connectivity index (χ4n) is 3.94. The first-order chi connectivity index (χ1) is 13.7.